The topological polar surface area (TPSA) is 112 Å². The number of rotatable bonds is 8. The second-order valence-electron chi connectivity index (χ2n) is 7.99. The van der Waals surface area contributed by atoms with Gasteiger partial charge in [0.15, 0.2) is 5.82 Å². The average Bonchev–Trinajstić information content (AvgIpc) is 2.86. The normalized spacial score (nSPS) is 11.8. The molecule has 8 nitrogen and oxygen atoms in total. The van der Waals surface area contributed by atoms with Crippen LogP contribution in [0, 0.1) is 5.41 Å². The van der Waals surface area contributed by atoms with Crippen LogP contribution in [-0.4, -0.2) is 37.9 Å². The van der Waals surface area contributed by atoms with E-state index in [1.807, 2.05) is 42.5 Å². The Balaban J connectivity index is 1.62. The van der Waals surface area contributed by atoms with Crippen molar-refractivity contribution in [3.63, 3.8) is 0 Å². The molecule has 0 aliphatic rings. The van der Waals surface area contributed by atoms with E-state index >= 15 is 0 Å². The molecular formula is C26H26N8. The van der Waals surface area contributed by atoms with Gasteiger partial charge in [0.2, 0.25) is 0 Å². The van der Waals surface area contributed by atoms with Gasteiger partial charge in [0.25, 0.3) is 0 Å². The van der Waals surface area contributed by atoms with E-state index in [4.69, 9.17) is 10.4 Å². The lowest BCUT2D eigenvalue weighted by molar-refractivity contribution is 0.843. The van der Waals surface area contributed by atoms with Crippen LogP contribution in [0.3, 0.4) is 0 Å². The third kappa shape index (κ3) is 5.47. The summed E-state index contributed by atoms with van der Waals surface area (Å²) in [6.07, 6.45) is 12.4. The number of pyridine rings is 3. The summed E-state index contributed by atoms with van der Waals surface area (Å²) in [7, 11) is 1.80. The fourth-order valence-corrected chi connectivity index (χ4v) is 3.32. The van der Waals surface area contributed by atoms with Gasteiger partial charge in [-0.25, -0.2) is 4.98 Å². The third-order valence-corrected chi connectivity index (χ3v) is 5.15. The molecule has 0 amide bonds. The van der Waals surface area contributed by atoms with Crippen molar-refractivity contribution in [3.8, 4) is 0 Å². The van der Waals surface area contributed by atoms with Gasteiger partial charge in [0.1, 0.15) is 5.82 Å². The maximum Gasteiger partial charge on any atom is 0.154 e. The van der Waals surface area contributed by atoms with Crippen LogP contribution < -0.4 is 10.6 Å². The van der Waals surface area contributed by atoms with E-state index in [1.54, 1.807) is 44.1 Å². The molecule has 4 aromatic heterocycles. The molecule has 170 valence electrons. The Morgan fingerprint density at radius 2 is 1.91 bits per heavy atom. The molecule has 0 fully saturated rings. The number of fused-ring (bicyclic) bond motifs is 1. The van der Waals surface area contributed by atoms with Crippen LogP contribution >= 0.6 is 0 Å². The summed E-state index contributed by atoms with van der Waals surface area (Å²) in [4.78, 5) is 13.4. The first kappa shape index (κ1) is 22.7. The lowest BCUT2D eigenvalue weighted by atomic mass is 10.0. The quantitative estimate of drug-likeness (QED) is 0.325. The predicted molar refractivity (Wildman–Crippen MR) is 137 cm³/mol. The van der Waals surface area contributed by atoms with Crippen molar-refractivity contribution in [2.75, 3.05) is 12.4 Å². The van der Waals surface area contributed by atoms with Crippen molar-refractivity contribution in [2.45, 2.75) is 19.8 Å². The zero-order chi connectivity index (χ0) is 23.9. The summed E-state index contributed by atoms with van der Waals surface area (Å²) in [6.45, 7) is 4.23. The minimum Gasteiger partial charge on any atom is -0.393 e. The minimum absolute atomic E-state index is 0.342. The number of aromatic nitrogens is 5. The van der Waals surface area contributed by atoms with Crippen molar-refractivity contribution in [2.24, 2.45) is 0 Å². The fourth-order valence-electron chi connectivity index (χ4n) is 3.32. The van der Waals surface area contributed by atoms with Gasteiger partial charge in [0, 0.05) is 43.0 Å². The SMILES string of the molecule is CN/C=C(\C(=N)/C=C/c1cccnc1)c1cnc2ccc(Nc3cc(C(C)C)cnn3)nc2c1. The molecule has 0 aliphatic heterocycles. The summed E-state index contributed by atoms with van der Waals surface area (Å²) in [5, 5.41) is 23.1. The second-order valence-corrected chi connectivity index (χ2v) is 7.99. The highest BCUT2D eigenvalue weighted by Gasteiger charge is 2.10. The van der Waals surface area contributed by atoms with Crippen molar-refractivity contribution in [3.05, 3.63) is 90.2 Å². The molecule has 0 aromatic carbocycles. The van der Waals surface area contributed by atoms with Gasteiger partial charge in [-0.15, -0.1) is 5.10 Å². The Bertz CT molecular complexity index is 1360. The molecule has 0 atom stereocenters. The molecule has 3 N–H and O–H groups in total. The maximum absolute atomic E-state index is 8.60. The number of nitrogens with one attached hydrogen (secondary N) is 3. The zero-order valence-electron chi connectivity index (χ0n) is 19.3. The van der Waals surface area contributed by atoms with Crippen LogP contribution in [-0.2, 0) is 0 Å². The van der Waals surface area contributed by atoms with Crippen molar-refractivity contribution >= 4 is 40.0 Å². The summed E-state index contributed by atoms with van der Waals surface area (Å²) in [5.74, 6) is 1.64. The van der Waals surface area contributed by atoms with Crippen LogP contribution in [0.1, 0.15) is 36.5 Å². The first-order valence-corrected chi connectivity index (χ1v) is 10.9. The average molecular weight is 451 g/mol. The number of nitrogens with zero attached hydrogens (tertiary/aromatic N) is 5. The molecule has 34 heavy (non-hydrogen) atoms. The number of anilines is 2. The van der Waals surface area contributed by atoms with E-state index in [0.717, 1.165) is 22.2 Å². The van der Waals surface area contributed by atoms with Gasteiger partial charge in [-0.3, -0.25) is 9.97 Å². The first-order chi connectivity index (χ1) is 16.5. The maximum atomic E-state index is 8.60. The molecule has 4 rings (SSSR count). The smallest absolute Gasteiger partial charge is 0.154 e. The van der Waals surface area contributed by atoms with E-state index < -0.39 is 0 Å². The van der Waals surface area contributed by atoms with Gasteiger partial charge in [-0.2, -0.15) is 5.10 Å². The highest BCUT2D eigenvalue weighted by Crippen LogP contribution is 2.23. The number of hydrogen-bond donors (Lipinski definition) is 3. The van der Waals surface area contributed by atoms with E-state index in [0.29, 0.717) is 34.4 Å². The third-order valence-electron chi connectivity index (χ3n) is 5.15. The predicted octanol–water partition coefficient (Wildman–Crippen LogP) is 4.98. The highest BCUT2D eigenvalue weighted by atomic mass is 15.2. The molecule has 0 radical (unpaired) electrons. The Kier molecular flexibility index (Phi) is 6.98. The Labute approximate surface area is 198 Å². The number of allylic oxidation sites excluding steroid dienone is 2. The highest BCUT2D eigenvalue weighted by molar-refractivity contribution is 6.28. The Hall–Kier alpha value is -4.46. The molecule has 0 saturated heterocycles. The van der Waals surface area contributed by atoms with Gasteiger partial charge in [0.05, 0.1) is 22.9 Å². The van der Waals surface area contributed by atoms with E-state index in [9.17, 15) is 0 Å². The molecule has 0 aliphatic carbocycles. The van der Waals surface area contributed by atoms with Gasteiger partial charge < -0.3 is 16.0 Å². The second kappa shape index (κ2) is 10.4. The molecule has 0 spiro atoms. The largest absolute Gasteiger partial charge is 0.393 e. The van der Waals surface area contributed by atoms with Crippen LogP contribution in [0.5, 0.6) is 0 Å². The van der Waals surface area contributed by atoms with E-state index in [-0.39, 0.29) is 0 Å². The van der Waals surface area contributed by atoms with Gasteiger partial charge >= 0.3 is 0 Å². The molecule has 0 saturated carbocycles. The standard InChI is InChI=1S/C26H26N8/c1-17(2)19-12-26(34-31-15-19)33-25-9-8-23-24(32-25)11-20(14-30-23)21(16-28-3)22(27)7-6-18-5-4-10-29-13-18/h4-17,27-28H,1-3H3,(H,32,33,34)/b7-6+,21-16-,27-22?. The van der Waals surface area contributed by atoms with Crippen LogP contribution in [0.15, 0.2) is 73.5 Å². The lowest BCUT2D eigenvalue weighted by Crippen LogP contribution is -2.04. The van der Waals surface area contributed by atoms with Crippen molar-refractivity contribution < 1.29 is 0 Å². The van der Waals surface area contributed by atoms with Gasteiger partial charge in [-0.05, 0) is 53.5 Å². The molecule has 0 unspecified atom stereocenters. The summed E-state index contributed by atoms with van der Waals surface area (Å²) in [5.41, 5.74) is 5.33. The van der Waals surface area contributed by atoms with Crippen molar-refractivity contribution in [1.82, 2.24) is 30.5 Å². The zero-order valence-corrected chi connectivity index (χ0v) is 19.3. The Morgan fingerprint density at radius 1 is 1.03 bits per heavy atom. The molecule has 0 bridgehead atoms. The van der Waals surface area contributed by atoms with E-state index in [2.05, 4.69) is 44.6 Å². The van der Waals surface area contributed by atoms with Gasteiger partial charge in [-0.1, -0.05) is 26.0 Å². The Morgan fingerprint density at radius 3 is 2.68 bits per heavy atom. The number of hydrogen-bond acceptors (Lipinski definition) is 8. The monoisotopic (exact) mass is 450 g/mol. The van der Waals surface area contributed by atoms with Crippen LogP contribution in [0.4, 0.5) is 11.6 Å². The summed E-state index contributed by atoms with van der Waals surface area (Å²) < 4.78 is 0. The molecule has 4 heterocycles. The molecule has 8 heteroatoms. The van der Waals surface area contributed by atoms with E-state index in [1.165, 1.54) is 0 Å². The first-order valence-electron chi connectivity index (χ1n) is 10.9. The lowest BCUT2D eigenvalue weighted by Gasteiger charge is -2.10. The van der Waals surface area contributed by atoms with Crippen LogP contribution in [0.2, 0.25) is 0 Å². The van der Waals surface area contributed by atoms with Crippen molar-refractivity contribution in [1.29, 1.82) is 5.41 Å². The summed E-state index contributed by atoms with van der Waals surface area (Å²) >= 11 is 0. The van der Waals surface area contributed by atoms with Crippen LogP contribution in [0.25, 0.3) is 22.7 Å². The summed E-state index contributed by atoms with van der Waals surface area (Å²) in [6, 6.07) is 11.5. The fraction of sp³-hybridized carbons (Fsp3) is 0.154. The minimum atomic E-state index is 0.342. The molecular weight excluding hydrogens is 424 g/mol. The molecule has 4 aromatic rings.